The molecule has 2 aromatic carbocycles. The molecule has 0 bridgehead atoms. The summed E-state index contributed by atoms with van der Waals surface area (Å²) in [6.45, 7) is 4.25. The summed E-state index contributed by atoms with van der Waals surface area (Å²) in [7, 11) is 0. The number of nitrogens with zero attached hydrogens (tertiary/aromatic N) is 1. The third-order valence-corrected chi connectivity index (χ3v) is 4.02. The van der Waals surface area contributed by atoms with Crippen LogP contribution in [0.5, 0.6) is 0 Å². The van der Waals surface area contributed by atoms with Crippen molar-refractivity contribution in [2.24, 2.45) is 5.73 Å². The lowest BCUT2D eigenvalue weighted by Crippen LogP contribution is -2.14. The highest BCUT2D eigenvalue weighted by Gasteiger charge is 2.15. The zero-order chi connectivity index (χ0) is 14.1. The SMILES string of the molecule is Cc1cccc(C(N)c2cncc3ccccc23)c1C. The molecular weight excluding hydrogens is 244 g/mol. The smallest absolute Gasteiger partial charge is 0.0575 e. The minimum Gasteiger partial charge on any atom is -0.320 e. The van der Waals surface area contributed by atoms with Crippen LogP contribution in [0.4, 0.5) is 0 Å². The Labute approximate surface area is 119 Å². The Kier molecular flexibility index (Phi) is 3.25. The Bertz CT molecular complexity index is 757. The summed E-state index contributed by atoms with van der Waals surface area (Å²) < 4.78 is 0. The van der Waals surface area contributed by atoms with Crippen molar-refractivity contribution in [3.05, 3.63) is 77.1 Å². The second kappa shape index (κ2) is 5.06. The molecular formula is C18H18N2. The fraction of sp³-hybridized carbons (Fsp3) is 0.167. The zero-order valence-corrected chi connectivity index (χ0v) is 11.8. The molecule has 0 aliphatic heterocycles. The average Bonchev–Trinajstić information content (AvgIpc) is 2.49. The van der Waals surface area contributed by atoms with Crippen LogP contribution in [-0.2, 0) is 0 Å². The molecule has 0 saturated heterocycles. The molecule has 0 spiro atoms. The summed E-state index contributed by atoms with van der Waals surface area (Å²) in [4.78, 5) is 4.33. The summed E-state index contributed by atoms with van der Waals surface area (Å²) in [6.07, 6.45) is 3.77. The number of fused-ring (bicyclic) bond motifs is 1. The van der Waals surface area contributed by atoms with Crippen molar-refractivity contribution < 1.29 is 0 Å². The first-order chi connectivity index (χ1) is 9.68. The molecule has 1 atom stereocenters. The van der Waals surface area contributed by atoms with Crippen molar-refractivity contribution >= 4 is 10.8 Å². The maximum Gasteiger partial charge on any atom is 0.0575 e. The number of aryl methyl sites for hydroxylation is 1. The van der Waals surface area contributed by atoms with Gasteiger partial charge in [-0.05, 0) is 41.5 Å². The molecule has 1 unspecified atom stereocenters. The summed E-state index contributed by atoms with van der Waals surface area (Å²) in [5.74, 6) is 0. The lowest BCUT2D eigenvalue weighted by Gasteiger charge is -2.18. The summed E-state index contributed by atoms with van der Waals surface area (Å²) >= 11 is 0. The first-order valence-electron chi connectivity index (χ1n) is 6.83. The van der Waals surface area contributed by atoms with E-state index in [2.05, 4.69) is 49.2 Å². The Hall–Kier alpha value is -2.19. The van der Waals surface area contributed by atoms with Crippen molar-refractivity contribution in [3.8, 4) is 0 Å². The second-order valence-electron chi connectivity index (χ2n) is 5.22. The van der Waals surface area contributed by atoms with Crippen LogP contribution in [0, 0.1) is 13.8 Å². The van der Waals surface area contributed by atoms with Gasteiger partial charge in [-0.3, -0.25) is 4.98 Å². The average molecular weight is 262 g/mol. The van der Waals surface area contributed by atoms with E-state index in [1.807, 2.05) is 24.5 Å². The molecule has 2 heteroatoms. The van der Waals surface area contributed by atoms with E-state index in [0.717, 1.165) is 10.9 Å². The van der Waals surface area contributed by atoms with Crippen LogP contribution >= 0.6 is 0 Å². The van der Waals surface area contributed by atoms with Crippen molar-refractivity contribution in [2.75, 3.05) is 0 Å². The standard InChI is InChI=1S/C18H18N2/c1-12-6-5-9-15(13(12)2)18(19)17-11-20-10-14-7-3-4-8-16(14)17/h3-11,18H,19H2,1-2H3. The molecule has 2 nitrogen and oxygen atoms in total. The highest BCUT2D eigenvalue weighted by atomic mass is 14.7. The van der Waals surface area contributed by atoms with E-state index in [0.29, 0.717) is 0 Å². The van der Waals surface area contributed by atoms with Crippen LogP contribution in [0.25, 0.3) is 10.8 Å². The lowest BCUT2D eigenvalue weighted by atomic mass is 9.92. The fourth-order valence-electron chi connectivity index (χ4n) is 2.67. The number of hydrogen-bond donors (Lipinski definition) is 1. The molecule has 1 heterocycles. The largest absolute Gasteiger partial charge is 0.320 e. The molecule has 0 amide bonds. The van der Waals surface area contributed by atoms with E-state index in [1.165, 1.54) is 22.1 Å². The first kappa shape index (κ1) is 12.8. The molecule has 0 aliphatic carbocycles. The van der Waals surface area contributed by atoms with Gasteiger partial charge < -0.3 is 5.73 Å². The number of hydrogen-bond acceptors (Lipinski definition) is 2. The van der Waals surface area contributed by atoms with Crippen molar-refractivity contribution in [3.63, 3.8) is 0 Å². The Balaban J connectivity index is 2.18. The van der Waals surface area contributed by atoms with E-state index < -0.39 is 0 Å². The van der Waals surface area contributed by atoms with E-state index in [9.17, 15) is 0 Å². The van der Waals surface area contributed by atoms with Crippen LogP contribution in [0.2, 0.25) is 0 Å². The fourth-order valence-corrected chi connectivity index (χ4v) is 2.67. The van der Waals surface area contributed by atoms with Gasteiger partial charge in [-0.1, -0.05) is 42.5 Å². The van der Waals surface area contributed by atoms with Crippen molar-refractivity contribution in [2.45, 2.75) is 19.9 Å². The first-order valence-corrected chi connectivity index (χ1v) is 6.83. The Morgan fingerprint density at radius 3 is 2.55 bits per heavy atom. The summed E-state index contributed by atoms with van der Waals surface area (Å²) in [6, 6.07) is 14.4. The third-order valence-electron chi connectivity index (χ3n) is 4.02. The Morgan fingerprint density at radius 1 is 0.900 bits per heavy atom. The monoisotopic (exact) mass is 262 g/mol. The minimum atomic E-state index is -0.145. The molecule has 3 rings (SSSR count). The summed E-state index contributed by atoms with van der Waals surface area (Å²) in [5.41, 5.74) is 11.3. The van der Waals surface area contributed by atoms with E-state index in [1.54, 1.807) is 0 Å². The number of benzene rings is 2. The van der Waals surface area contributed by atoms with Crippen LogP contribution in [-0.4, -0.2) is 4.98 Å². The van der Waals surface area contributed by atoms with Crippen LogP contribution in [0.1, 0.15) is 28.3 Å². The minimum absolute atomic E-state index is 0.145. The highest BCUT2D eigenvalue weighted by molar-refractivity contribution is 5.85. The van der Waals surface area contributed by atoms with Crippen LogP contribution < -0.4 is 5.73 Å². The van der Waals surface area contributed by atoms with Gasteiger partial charge in [0, 0.05) is 17.8 Å². The van der Waals surface area contributed by atoms with Gasteiger partial charge in [0.1, 0.15) is 0 Å². The quantitative estimate of drug-likeness (QED) is 0.760. The third kappa shape index (κ3) is 2.08. The van der Waals surface area contributed by atoms with Gasteiger partial charge in [-0.15, -0.1) is 0 Å². The molecule has 3 aromatic rings. The van der Waals surface area contributed by atoms with E-state index >= 15 is 0 Å². The van der Waals surface area contributed by atoms with Gasteiger partial charge >= 0.3 is 0 Å². The number of pyridine rings is 1. The van der Waals surface area contributed by atoms with Gasteiger partial charge in [-0.25, -0.2) is 0 Å². The molecule has 0 radical (unpaired) electrons. The molecule has 2 N–H and O–H groups in total. The molecule has 0 aliphatic rings. The van der Waals surface area contributed by atoms with E-state index in [4.69, 9.17) is 5.73 Å². The lowest BCUT2D eigenvalue weighted by molar-refractivity contribution is 0.861. The molecule has 20 heavy (non-hydrogen) atoms. The van der Waals surface area contributed by atoms with Gasteiger partial charge in [0.05, 0.1) is 6.04 Å². The molecule has 100 valence electrons. The van der Waals surface area contributed by atoms with Gasteiger partial charge in [0.25, 0.3) is 0 Å². The van der Waals surface area contributed by atoms with Crippen LogP contribution in [0.15, 0.2) is 54.9 Å². The predicted molar refractivity (Wildman–Crippen MR) is 83.7 cm³/mol. The topological polar surface area (TPSA) is 38.9 Å². The summed E-state index contributed by atoms with van der Waals surface area (Å²) in [5, 5.41) is 2.31. The van der Waals surface area contributed by atoms with Gasteiger partial charge in [0.2, 0.25) is 0 Å². The molecule has 0 fully saturated rings. The maximum absolute atomic E-state index is 6.51. The molecule has 0 saturated carbocycles. The van der Waals surface area contributed by atoms with Crippen molar-refractivity contribution in [1.82, 2.24) is 4.98 Å². The number of nitrogens with two attached hydrogens (primary N) is 1. The number of aromatic nitrogens is 1. The second-order valence-corrected chi connectivity index (χ2v) is 5.22. The molecule has 1 aromatic heterocycles. The van der Waals surface area contributed by atoms with Crippen molar-refractivity contribution in [1.29, 1.82) is 0 Å². The van der Waals surface area contributed by atoms with Crippen LogP contribution in [0.3, 0.4) is 0 Å². The normalized spacial score (nSPS) is 12.6. The highest BCUT2D eigenvalue weighted by Crippen LogP contribution is 2.28. The zero-order valence-electron chi connectivity index (χ0n) is 11.8. The number of rotatable bonds is 2. The van der Waals surface area contributed by atoms with Gasteiger partial charge in [-0.2, -0.15) is 0 Å². The van der Waals surface area contributed by atoms with E-state index in [-0.39, 0.29) is 6.04 Å². The van der Waals surface area contributed by atoms with Gasteiger partial charge in [0.15, 0.2) is 0 Å². The Morgan fingerprint density at radius 2 is 1.70 bits per heavy atom. The predicted octanol–water partition coefficient (Wildman–Crippen LogP) is 3.90. The maximum atomic E-state index is 6.51.